The molecule has 1 fully saturated rings. The molecule has 1 atom stereocenters. The normalized spacial score (nSPS) is 16.9. The zero-order chi connectivity index (χ0) is 22.6. The van der Waals surface area contributed by atoms with Crippen molar-refractivity contribution >= 4 is 32.4 Å². The highest BCUT2D eigenvalue weighted by atomic mass is 32.2. The molecule has 1 unspecified atom stereocenters. The molecular formula is C23H25N3O4S2. The molecule has 1 aromatic heterocycles. The third kappa shape index (κ3) is 4.94. The molecule has 1 aliphatic rings. The van der Waals surface area contributed by atoms with Crippen molar-refractivity contribution in [3.63, 3.8) is 0 Å². The van der Waals surface area contributed by atoms with Gasteiger partial charge in [-0.05, 0) is 42.7 Å². The minimum atomic E-state index is -3.76. The molecule has 0 aliphatic carbocycles. The van der Waals surface area contributed by atoms with Crippen LogP contribution in [0.4, 0.5) is 5.13 Å². The zero-order valence-corrected chi connectivity index (χ0v) is 19.4. The summed E-state index contributed by atoms with van der Waals surface area (Å²) in [5.41, 5.74) is 1.27. The number of aromatic nitrogens is 1. The predicted octanol–water partition coefficient (Wildman–Crippen LogP) is 4.71. The maximum Gasteiger partial charge on any atom is 0.273 e. The first-order chi connectivity index (χ1) is 15.5. The number of hydrogen-bond acceptors (Lipinski definition) is 6. The third-order valence-electron chi connectivity index (χ3n) is 5.49. The second-order valence-electron chi connectivity index (χ2n) is 7.60. The monoisotopic (exact) mass is 471 g/mol. The van der Waals surface area contributed by atoms with Crippen molar-refractivity contribution in [2.45, 2.75) is 36.6 Å². The lowest BCUT2D eigenvalue weighted by Crippen LogP contribution is -2.35. The summed E-state index contributed by atoms with van der Waals surface area (Å²) in [6.07, 6.45) is 3.87. The van der Waals surface area contributed by atoms with Crippen molar-refractivity contribution in [1.82, 2.24) is 9.88 Å². The van der Waals surface area contributed by atoms with Gasteiger partial charge in [0.25, 0.3) is 15.9 Å². The molecule has 0 saturated carbocycles. The molecule has 0 bridgehead atoms. The quantitative estimate of drug-likeness (QED) is 0.562. The molecule has 9 heteroatoms. The van der Waals surface area contributed by atoms with E-state index in [1.165, 1.54) is 12.1 Å². The number of methoxy groups -OCH3 is 1. The highest BCUT2D eigenvalue weighted by Crippen LogP contribution is 2.33. The number of amides is 1. The Kier molecular flexibility index (Phi) is 6.76. The number of thiazole rings is 1. The van der Waals surface area contributed by atoms with E-state index in [-0.39, 0.29) is 27.7 Å². The van der Waals surface area contributed by atoms with Crippen molar-refractivity contribution in [1.29, 1.82) is 0 Å². The molecule has 168 valence electrons. The van der Waals surface area contributed by atoms with Crippen molar-refractivity contribution in [3.8, 4) is 5.75 Å². The fraction of sp³-hybridized carbons (Fsp3) is 0.304. The number of carbonyl (C=O) groups is 1. The summed E-state index contributed by atoms with van der Waals surface area (Å²) >= 11 is 1.10. The van der Waals surface area contributed by atoms with E-state index in [2.05, 4.69) is 9.71 Å². The van der Waals surface area contributed by atoms with Gasteiger partial charge in [0.15, 0.2) is 5.13 Å². The molecule has 1 saturated heterocycles. The van der Waals surface area contributed by atoms with Gasteiger partial charge in [0.2, 0.25) is 0 Å². The van der Waals surface area contributed by atoms with Crippen LogP contribution in [-0.4, -0.2) is 37.9 Å². The number of sulfonamides is 1. The lowest BCUT2D eigenvalue weighted by molar-refractivity contribution is 0.0675. The molecule has 4 rings (SSSR count). The first-order valence-electron chi connectivity index (χ1n) is 10.5. The van der Waals surface area contributed by atoms with Crippen LogP contribution in [0, 0.1) is 0 Å². The Bertz CT molecular complexity index is 1180. The van der Waals surface area contributed by atoms with E-state index in [9.17, 15) is 13.2 Å². The highest BCUT2D eigenvalue weighted by molar-refractivity contribution is 7.93. The smallest absolute Gasteiger partial charge is 0.273 e. The zero-order valence-electron chi connectivity index (χ0n) is 17.7. The fourth-order valence-corrected chi connectivity index (χ4v) is 5.84. The van der Waals surface area contributed by atoms with Crippen LogP contribution in [0.1, 0.15) is 47.8 Å². The highest BCUT2D eigenvalue weighted by Gasteiger charge is 2.29. The first-order valence-corrected chi connectivity index (χ1v) is 12.8. The summed E-state index contributed by atoms with van der Waals surface area (Å²) in [5, 5.41) is 1.78. The van der Waals surface area contributed by atoms with E-state index in [1.54, 1.807) is 30.7 Å². The van der Waals surface area contributed by atoms with E-state index in [4.69, 9.17) is 4.74 Å². The second kappa shape index (κ2) is 9.70. The van der Waals surface area contributed by atoms with Gasteiger partial charge in [0.1, 0.15) is 11.4 Å². The number of ether oxygens (including phenoxy) is 1. The lowest BCUT2D eigenvalue weighted by atomic mass is 10.00. The Labute approximate surface area is 192 Å². The van der Waals surface area contributed by atoms with E-state index >= 15 is 0 Å². The van der Waals surface area contributed by atoms with Crippen LogP contribution in [0.15, 0.2) is 64.9 Å². The Balaban J connectivity index is 1.56. The summed E-state index contributed by atoms with van der Waals surface area (Å²) in [6.45, 7) is 0.628. The van der Waals surface area contributed by atoms with Crippen LogP contribution in [-0.2, 0) is 10.0 Å². The molecule has 1 N–H and O–H groups in total. The molecule has 3 aromatic rings. The number of nitrogens with zero attached hydrogens (tertiary/aromatic N) is 2. The van der Waals surface area contributed by atoms with Crippen molar-refractivity contribution in [3.05, 3.63) is 71.2 Å². The van der Waals surface area contributed by atoms with Crippen LogP contribution >= 0.6 is 11.3 Å². The van der Waals surface area contributed by atoms with Gasteiger partial charge in [0.05, 0.1) is 18.0 Å². The maximum absolute atomic E-state index is 13.4. The number of carbonyl (C=O) groups excluding carboxylic acids is 1. The molecule has 1 aliphatic heterocycles. The third-order valence-corrected chi connectivity index (χ3v) is 7.73. The van der Waals surface area contributed by atoms with E-state index < -0.39 is 10.0 Å². The molecule has 32 heavy (non-hydrogen) atoms. The second-order valence-corrected chi connectivity index (χ2v) is 10.1. The van der Waals surface area contributed by atoms with E-state index in [0.29, 0.717) is 6.54 Å². The van der Waals surface area contributed by atoms with Crippen LogP contribution in [0.5, 0.6) is 5.75 Å². The Morgan fingerprint density at radius 2 is 1.94 bits per heavy atom. The fourth-order valence-electron chi connectivity index (χ4n) is 3.89. The lowest BCUT2D eigenvalue weighted by Gasteiger charge is -2.30. The number of likely N-dealkylation sites (tertiary alicyclic amines) is 1. The molecule has 2 heterocycles. The molecule has 1 amide bonds. The van der Waals surface area contributed by atoms with Gasteiger partial charge in [-0.1, -0.05) is 43.2 Å². The van der Waals surface area contributed by atoms with Crippen LogP contribution in [0.25, 0.3) is 0 Å². The SMILES string of the molecule is COc1cccc(C2CCCCCN2C(=O)c2csc(NS(=O)(=O)c3ccccc3)n2)c1. The maximum atomic E-state index is 13.4. The molecule has 0 spiro atoms. The minimum Gasteiger partial charge on any atom is -0.497 e. The average molecular weight is 472 g/mol. The number of rotatable bonds is 6. The van der Waals surface area contributed by atoms with Crippen LogP contribution < -0.4 is 9.46 Å². The van der Waals surface area contributed by atoms with Gasteiger partial charge >= 0.3 is 0 Å². The molecule has 0 radical (unpaired) electrons. The summed E-state index contributed by atoms with van der Waals surface area (Å²) in [6, 6.07) is 15.8. The van der Waals surface area contributed by atoms with Gasteiger partial charge < -0.3 is 9.64 Å². The predicted molar refractivity (Wildman–Crippen MR) is 125 cm³/mol. The van der Waals surface area contributed by atoms with Gasteiger partial charge in [-0.15, -0.1) is 11.3 Å². The van der Waals surface area contributed by atoms with Crippen molar-refractivity contribution in [2.75, 3.05) is 18.4 Å². The Hall–Kier alpha value is -2.91. The Morgan fingerprint density at radius 1 is 1.12 bits per heavy atom. The van der Waals surface area contributed by atoms with Crippen LogP contribution in [0.2, 0.25) is 0 Å². The van der Waals surface area contributed by atoms with E-state index in [0.717, 1.165) is 48.3 Å². The van der Waals surface area contributed by atoms with E-state index in [1.807, 2.05) is 29.2 Å². The number of hydrogen-bond donors (Lipinski definition) is 1. The average Bonchev–Trinajstić information content (AvgIpc) is 3.13. The van der Waals surface area contributed by atoms with Gasteiger partial charge in [-0.3, -0.25) is 9.52 Å². The van der Waals surface area contributed by atoms with Crippen molar-refractivity contribution < 1.29 is 17.9 Å². The van der Waals surface area contributed by atoms with Gasteiger partial charge in [0, 0.05) is 11.9 Å². The minimum absolute atomic E-state index is 0.0775. The number of nitrogens with one attached hydrogen (secondary N) is 1. The largest absolute Gasteiger partial charge is 0.497 e. The Morgan fingerprint density at radius 3 is 2.72 bits per heavy atom. The summed E-state index contributed by atoms with van der Waals surface area (Å²) in [5.74, 6) is 0.562. The van der Waals surface area contributed by atoms with Gasteiger partial charge in [-0.25, -0.2) is 13.4 Å². The van der Waals surface area contributed by atoms with Gasteiger partial charge in [-0.2, -0.15) is 0 Å². The topological polar surface area (TPSA) is 88.6 Å². The summed E-state index contributed by atoms with van der Waals surface area (Å²) in [7, 11) is -2.13. The number of benzene rings is 2. The van der Waals surface area contributed by atoms with Crippen LogP contribution in [0.3, 0.4) is 0 Å². The standard InChI is InChI=1S/C23H25N3O4S2/c1-30-18-10-8-9-17(15-18)21-13-6-3-7-14-26(21)22(27)20-16-31-23(24-20)25-32(28,29)19-11-4-2-5-12-19/h2,4-5,8-12,15-16,21H,3,6-7,13-14H2,1H3,(H,24,25). The summed E-state index contributed by atoms with van der Waals surface area (Å²) < 4.78 is 33.0. The molecule has 2 aromatic carbocycles. The first kappa shape index (κ1) is 22.3. The number of anilines is 1. The summed E-state index contributed by atoms with van der Waals surface area (Å²) in [4.78, 5) is 19.7. The van der Waals surface area contributed by atoms with Crippen molar-refractivity contribution in [2.24, 2.45) is 0 Å². The molecular weight excluding hydrogens is 446 g/mol. The molecule has 7 nitrogen and oxygen atoms in total.